The Labute approximate surface area is 238 Å². The Balaban J connectivity index is 1.40. The fourth-order valence-corrected chi connectivity index (χ4v) is 5.12. The normalized spacial score (nSPS) is 14.8. The lowest BCUT2D eigenvalue weighted by Gasteiger charge is -2.13. The number of carbonyl (C=O) groups is 3. The second kappa shape index (κ2) is 11.8. The molecule has 6 nitrogen and oxygen atoms in total. The van der Waals surface area contributed by atoms with E-state index in [2.05, 4.69) is 27.9 Å². The van der Waals surface area contributed by atoms with Gasteiger partial charge >= 0.3 is 6.18 Å². The molecule has 0 spiro atoms. The Morgan fingerprint density at radius 2 is 1.84 bits per heavy atom. The molecule has 0 aliphatic carbocycles. The molecule has 0 atom stereocenters. The standard InChI is InChI=1S/C26H17ClF3IN2O4S/c27-19-7-2-1-4-16(19)14-37-21-9-8-15(10-20(21)31)11-22-24(35)33(25(36)38-22)13-23(34)32-18-6-3-5-17(12-18)26(28,29)30/h1-12H,13-14H2,(H,32,34)/b22-11-. The van der Waals surface area contributed by atoms with E-state index in [4.69, 9.17) is 16.3 Å². The largest absolute Gasteiger partial charge is 0.488 e. The molecule has 1 N–H and O–H groups in total. The average Bonchev–Trinajstić information content (AvgIpc) is 3.11. The topological polar surface area (TPSA) is 75.7 Å². The SMILES string of the molecule is O=C(CN1C(=O)S/C(=C\c2ccc(OCc3ccccc3Cl)c(I)c2)C1=O)Nc1cccc(C(F)(F)F)c1. The number of halogens is 5. The molecule has 1 heterocycles. The third-order valence-corrected chi connectivity index (χ3v) is 7.36. The molecule has 4 rings (SSSR count). The zero-order valence-corrected chi connectivity index (χ0v) is 23.0. The fourth-order valence-electron chi connectivity index (χ4n) is 3.40. The van der Waals surface area contributed by atoms with Crippen molar-refractivity contribution in [1.29, 1.82) is 0 Å². The third kappa shape index (κ3) is 6.88. The number of nitrogens with one attached hydrogen (secondary N) is 1. The summed E-state index contributed by atoms with van der Waals surface area (Å²) in [6.45, 7) is -0.360. The molecule has 0 bridgehead atoms. The van der Waals surface area contributed by atoms with Gasteiger partial charge in [-0.05, 0) is 82.4 Å². The minimum Gasteiger partial charge on any atom is -0.488 e. The summed E-state index contributed by atoms with van der Waals surface area (Å²) in [5.41, 5.74) is 0.441. The van der Waals surface area contributed by atoms with Crippen LogP contribution < -0.4 is 10.1 Å². The first-order valence-electron chi connectivity index (χ1n) is 10.9. The van der Waals surface area contributed by atoms with E-state index >= 15 is 0 Å². The highest BCUT2D eigenvalue weighted by Crippen LogP contribution is 2.34. The number of benzene rings is 3. The monoisotopic (exact) mass is 672 g/mol. The van der Waals surface area contributed by atoms with Crippen LogP contribution in [0, 0.1) is 3.57 Å². The van der Waals surface area contributed by atoms with Crippen molar-refractivity contribution < 1.29 is 32.3 Å². The van der Waals surface area contributed by atoms with Crippen molar-refractivity contribution in [1.82, 2.24) is 4.90 Å². The minimum atomic E-state index is -4.57. The molecule has 1 saturated heterocycles. The van der Waals surface area contributed by atoms with Crippen molar-refractivity contribution in [3.63, 3.8) is 0 Å². The van der Waals surface area contributed by atoms with E-state index in [1.165, 1.54) is 12.1 Å². The summed E-state index contributed by atoms with van der Waals surface area (Å²) in [7, 11) is 0. The number of carbonyl (C=O) groups excluding carboxylic acids is 3. The van der Waals surface area contributed by atoms with Crippen LogP contribution in [0.25, 0.3) is 6.08 Å². The summed E-state index contributed by atoms with van der Waals surface area (Å²) < 4.78 is 45.3. The molecule has 3 amide bonds. The molecule has 1 fully saturated rings. The van der Waals surface area contributed by atoms with Gasteiger partial charge in [0.1, 0.15) is 18.9 Å². The predicted molar refractivity (Wildman–Crippen MR) is 148 cm³/mol. The van der Waals surface area contributed by atoms with Gasteiger partial charge in [0.15, 0.2) is 0 Å². The molecule has 1 aliphatic rings. The Hall–Kier alpha value is -3.03. The second-order valence-corrected chi connectivity index (χ2v) is 10.5. The van der Waals surface area contributed by atoms with Crippen LogP contribution in [-0.4, -0.2) is 28.5 Å². The lowest BCUT2D eigenvalue weighted by Crippen LogP contribution is -2.36. The lowest BCUT2D eigenvalue weighted by atomic mass is 10.2. The van der Waals surface area contributed by atoms with E-state index in [9.17, 15) is 27.6 Å². The Morgan fingerprint density at radius 1 is 1.08 bits per heavy atom. The summed E-state index contributed by atoms with van der Waals surface area (Å²) >= 11 is 8.92. The second-order valence-electron chi connectivity index (χ2n) is 7.96. The van der Waals surface area contributed by atoms with Crippen molar-refractivity contribution in [2.24, 2.45) is 0 Å². The summed E-state index contributed by atoms with van der Waals surface area (Å²) in [6, 6.07) is 16.6. The van der Waals surface area contributed by atoms with Crippen LogP contribution in [0.3, 0.4) is 0 Å². The molecule has 12 heteroatoms. The quantitative estimate of drug-likeness (QED) is 0.212. The Kier molecular flexibility index (Phi) is 8.68. The maximum absolute atomic E-state index is 12.9. The average molecular weight is 673 g/mol. The van der Waals surface area contributed by atoms with Crippen molar-refractivity contribution in [3.8, 4) is 5.75 Å². The van der Waals surface area contributed by atoms with E-state index in [0.717, 1.165) is 32.2 Å². The Morgan fingerprint density at radius 3 is 2.55 bits per heavy atom. The molecular weight excluding hydrogens is 656 g/mol. The maximum Gasteiger partial charge on any atom is 0.416 e. The number of nitrogens with zero attached hydrogens (tertiary/aromatic N) is 1. The Bertz CT molecular complexity index is 1450. The van der Waals surface area contributed by atoms with Crippen LogP contribution in [0.15, 0.2) is 71.6 Å². The molecule has 0 aromatic heterocycles. The molecule has 3 aromatic rings. The molecule has 0 unspecified atom stereocenters. The van der Waals surface area contributed by atoms with E-state index < -0.39 is 35.3 Å². The van der Waals surface area contributed by atoms with Gasteiger partial charge in [-0.25, -0.2) is 0 Å². The van der Waals surface area contributed by atoms with Crippen LogP contribution in [0.2, 0.25) is 5.02 Å². The van der Waals surface area contributed by atoms with Crippen LogP contribution in [0.4, 0.5) is 23.7 Å². The van der Waals surface area contributed by atoms with Crippen molar-refractivity contribution in [2.45, 2.75) is 12.8 Å². The minimum absolute atomic E-state index is 0.0984. The van der Waals surface area contributed by atoms with Gasteiger partial charge in [-0.3, -0.25) is 19.3 Å². The molecule has 3 aromatic carbocycles. The van der Waals surface area contributed by atoms with Gasteiger partial charge in [-0.2, -0.15) is 13.2 Å². The van der Waals surface area contributed by atoms with Gasteiger partial charge in [0, 0.05) is 16.3 Å². The number of imide groups is 1. The predicted octanol–water partition coefficient (Wildman–Crippen LogP) is 7.22. The number of hydrogen-bond acceptors (Lipinski definition) is 5. The summed E-state index contributed by atoms with van der Waals surface area (Å²) in [6.07, 6.45) is -3.05. The maximum atomic E-state index is 12.9. The summed E-state index contributed by atoms with van der Waals surface area (Å²) in [5.74, 6) is -0.863. The van der Waals surface area contributed by atoms with Gasteiger partial charge in [-0.1, -0.05) is 41.9 Å². The third-order valence-electron chi connectivity index (χ3n) is 5.24. The zero-order chi connectivity index (χ0) is 27.4. The van der Waals surface area contributed by atoms with Crippen LogP contribution in [0.5, 0.6) is 5.75 Å². The van der Waals surface area contributed by atoms with E-state index in [0.29, 0.717) is 28.1 Å². The van der Waals surface area contributed by atoms with Gasteiger partial charge in [-0.15, -0.1) is 0 Å². The first-order chi connectivity index (χ1) is 18.0. The highest BCUT2D eigenvalue weighted by atomic mass is 127. The van der Waals surface area contributed by atoms with Crippen molar-refractivity contribution in [2.75, 3.05) is 11.9 Å². The fraction of sp³-hybridized carbons (Fsp3) is 0.115. The van der Waals surface area contributed by atoms with Gasteiger partial charge in [0.25, 0.3) is 11.1 Å². The number of alkyl halides is 3. The lowest BCUT2D eigenvalue weighted by molar-refractivity contribution is -0.137. The van der Waals surface area contributed by atoms with Crippen LogP contribution in [-0.2, 0) is 22.4 Å². The summed E-state index contributed by atoms with van der Waals surface area (Å²) in [4.78, 5) is 38.4. The number of rotatable bonds is 7. The molecule has 38 heavy (non-hydrogen) atoms. The number of anilines is 1. The van der Waals surface area contributed by atoms with Crippen molar-refractivity contribution >= 4 is 74.8 Å². The highest BCUT2D eigenvalue weighted by Gasteiger charge is 2.36. The summed E-state index contributed by atoms with van der Waals surface area (Å²) in [5, 5.41) is 2.23. The zero-order valence-electron chi connectivity index (χ0n) is 19.2. The van der Waals surface area contributed by atoms with Crippen molar-refractivity contribution in [3.05, 3.63) is 96.9 Å². The molecule has 196 valence electrons. The van der Waals surface area contributed by atoms with E-state index in [-0.39, 0.29) is 17.2 Å². The highest BCUT2D eigenvalue weighted by molar-refractivity contribution is 14.1. The number of hydrogen-bond donors (Lipinski definition) is 1. The number of thioether (sulfide) groups is 1. The van der Waals surface area contributed by atoms with E-state index in [1.807, 2.05) is 18.2 Å². The molecule has 0 saturated carbocycles. The molecular formula is C26H17ClF3IN2O4S. The first-order valence-corrected chi connectivity index (χ1v) is 13.2. The van der Waals surface area contributed by atoms with Gasteiger partial charge < -0.3 is 10.1 Å². The number of amides is 3. The smallest absolute Gasteiger partial charge is 0.416 e. The first kappa shape index (κ1) is 28.0. The number of ether oxygens (including phenoxy) is 1. The molecule has 0 radical (unpaired) electrons. The molecule has 1 aliphatic heterocycles. The van der Waals surface area contributed by atoms with Crippen LogP contribution >= 0.6 is 46.0 Å². The van der Waals surface area contributed by atoms with Gasteiger partial charge in [0.2, 0.25) is 5.91 Å². The van der Waals surface area contributed by atoms with Gasteiger partial charge in [0.05, 0.1) is 14.0 Å². The van der Waals surface area contributed by atoms with Crippen LogP contribution in [0.1, 0.15) is 16.7 Å². The van der Waals surface area contributed by atoms with E-state index in [1.54, 1.807) is 24.3 Å².